The highest BCUT2D eigenvalue weighted by Crippen LogP contribution is 2.23. The van der Waals surface area contributed by atoms with Gasteiger partial charge in [0.15, 0.2) is 5.13 Å². The number of aromatic nitrogens is 1. The first-order chi connectivity index (χ1) is 9.50. The maximum Gasteiger partial charge on any atom is 0.235 e. The van der Waals surface area contributed by atoms with E-state index in [4.69, 9.17) is 0 Å². The normalized spacial score (nSPS) is 17.3. The van der Waals surface area contributed by atoms with Gasteiger partial charge in [-0.15, -0.1) is 11.3 Å². The summed E-state index contributed by atoms with van der Waals surface area (Å²) < 4.78 is 26.7. The lowest BCUT2D eigenvalue weighted by Gasteiger charge is -2.26. The molecule has 2 heterocycles. The minimum absolute atomic E-state index is 0.118. The lowest BCUT2D eigenvalue weighted by molar-refractivity contribution is 0.254. The average molecular weight is 318 g/mol. The maximum absolute atomic E-state index is 12.1. The minimum Gasteiger partial charge on any atom is -0.314 e. The van der Waals surface area contributed by atoms with Crippen LogP contribution < -0.4 is 10.0 Å². The van der Waals surface area contributed by atoms with Gasteiger partial charge in [0.1, 0.15) is 0 Å². The standard InChI is InChI=1S/C12H22N4O2S2/c1-3-11-10(2)19-12(14-11)15-20(17,18)9-8-16-6-4-13-5-7-16/h13H,3-9H2,1-2H3,(H,14,15). The summed E-state index contributed by atoms with van der Waals surface area (Å²) in [4.78, 5) is 7.56. The molecule has 0 bridgehead atoms. The van der Waals surface area contributed by atoms with Gasteiger partial charge in [-0.2, -0.15) is 0 Å². The van der Waals surface area contributed by atoms with Crippen LogP contribution in [0.1, 0.15) is 17.5 Å². The Labute approximate surface area is 124 Å². The number of rotatable bonds is 6. The number of aryl methyl sites for hydroxylation is 2. The fourth-order valence-corrected chi connectivity index (χ4v) is 4.38. The first-order valence-electron chi connectivity index (χ1n) is 6.90. The summed E-state index contributed by atoms with van der Waals surface area (Å²) in [7, 11) is -3.31. The van der Waals surface area contributed by atoms with Crippen LogP contribution in [0.4, 0.5) is 5.13 Å². The van der Waals surface area contributed by atoms with Crippen molar-refractivity contribution < 1.29 is 8.42 Å². The molecule has 0 saturated carbocycles. The van der Waals surface area contributed by atoms with Gasteiger partial charge >= 0.3 is 0 Å². The van der Waals surface area contributed by atoms with Crippen molar-refractivity contribution in [1.82, 2.24) is 15.2 Å². The Balaban J connectivity index is 1.89. The number of thiazole rings is 1. The van der Waals surface area contributed by atoms with Crippen LogP contribution in [0.3, 0.4) is 0 Å². The Hall–Kier alpha value is -0.700. The van der Waals surface area contributed by atoms with Crippen LogP contribution in [-0.2, 0) is 16.4 Å². The second-order valence-electron chi connectivity index (χ2n) is 4.89. The predicted octanol–water partition coefficient (Wildman–Crippen LogP) is 0.661. The lowest BCUT2D eigenvalue weighted by atomic mass is 10.3. The maximum atomic E-state index is 12.1. The molecule has 20 heavy (non-hydrogen) atoms. The number of hydrogen-bond donors (Lipinski definition) is 2. The fourth-order valence-electron chi connectivity index (χ4n) is 2.17. The van der Waals surface area contributed by atoms with Crippen LogP contribution in [0, 0.1) is 6.92 Å². The predicted molar refractivity (Wildman–Crippen MR) is 82.9 cm³/mol. The zero-order chi connectivity index (χ0) is 14.6. The number of piperazine rings is 1. The Morgan fingerprint density at radius 1 is 1.40 bits per heavy atom. The summed E-state index contributed by atoms with van der Waals surface area (Å²) in [5.41, 5.74) is 0.967. The van der Waals surface area contributed by atoms with Crippen molar-refractivity contribution in [2.24, 2.45) is 0 Å². The molecule has 1 aromatic heterocycles. The Morgan fingerprint density at radius 2 is 2.10 bits per heavy atom. The van der Waals surface area contributed by atoms with E-state index in [9.17, 15) is 8.42 Å². The highest BCUT2D eigenvalue weighted by molar-refractivity contribution is 7.92. The summed E-state index contributed by atoms with van der Waals surface area (Å²) >= 11 is 1.40. The van der Waals surface area contributed by atoms with Crippen molar-refractivity contribution in [3.05, 3.63) is 10.6 Å². The van der Waals surface area contributed by atoms with E-state index >= 15 is 0 Å². The number of nitrogens with zero attached hydrogens (tertiary/aromatic N) is 2. The zero-order valence-electron chi connectivity index (χ0n) is 12.0. The molecule has 0 aromatic carbocycles. The molecule has 1 aromatic rings. The molecule has 1 fully saturated rings. The number of nitrogens with one attached hydrogen (secondary N) is 2. The lowest BCUT2D eigenvalue weighted by Crippen LogP contribution is -2.45. The smallest absolute Gasteiger partial charge is 0.235 e. The van der Waals surface area contributed by atoms with Gasteiger partial charge in [-0.25, -0.2) is 13.4 Å². The van der Waals surface area contributed by atoms with Crippen LogP contribution in [0.15, 0.2) is 0 Å². The van der Waals surface area contributed by atoms with Crippen LogP contribution >= 0.6 is 11.3 Å². The summed E-state index contributed by atoms with van der Waals surface area (Å²) in [6, 6.07) is 0. The Bertz CT molecular complexity index is 536. The molecule has 0 spiro atoms. The van der Waals surface area contributed by atoms with Crippen LogP contribution in [-0.4, -0.2) is 56.8 Å². The molecular formula is C12H22N4O2S2. The van der Waals surface area contributed by atoms with Gasteiger partial charge in [0.2, 0.25) is 10.0 Å². The number of sulfonamides is 1. The summed E-state index contributed by atoms with van der Waals surface area (Å²) in [6.45, 7) is 8.23. The monoisotopic (exact) mass is 318 g/mol. The van der Waals surface area contributed by atoms with Gasteiger partial charge < -0.3 is 5.32 Å². The van der Waals surface area contributed by atoms with Gasteiger partial charge in [-0.1, -0.05) is 6.92 Å². The third-order valence-corrected chi connectivity index (χ3v) is 5.64. The molecule has 0 aliphatic carbocycles. The first-order valence-corrected chi connectivity index (χ1v) is 9.37. The van der Waals surface area contributed by atoms with Crippen molar-refractivity contribution in [3.63, 3.8) is 0 Å². The second kappa shape index (κ2) is 6.84. The van der Waals surface area contributed by atoms with Gasteiger partial charge in [-0.05, 0) is 13.3 Å². The SMILES string of the molecule is CCc1nc(NS(=O)(=O)CCN2CCNCC2)sc1C. The molecule has 8 heteroatoms. The minimum atomic E-state index is -3.31. The van der Waals surface area contributed by atoms with E-state index in [0.717, 1.165) is 43.2 Å². The number of hydrogen-bond acceptors (Lipinski definition) is 6. The Morgan fingerprint density at radius 3 is 2.70 bits per heavy atom. The van der Waals surface area contributed by atoms with Crippen molar-refractivity contribution in [3.8, 4) is 0 Å². The molecule has 2 rings (SSSR count). The van der Waals surface area contributed by atoms with Crippen molar-refractivity contribution in [2.45, 2.75) is 20.3 Å². The van der Waals surface area contributed by atoms with E-state index in [-0.39, 0.29) is 5.75 Å². The molecule has 0 unspecified atom stereocenters. The summed E-state index contributed by atoms with van der Waals surface area (Å²) in [6.07, 6.45) is 0.824. The zero-order valence-corrected chi connectivity index (χ0v) is 13.6. The van der Waals surface area contributed by atoms with Crippen molar-refractivity contribution in [1.29, 1.82) is 0 Å². The van der Waals surface area contributed by atoms with E-state index in [1.807, 2.05) is 13.8 Å². The van der Waals surface area contributed by atoms with Crippen LogP contribution in [0.2, 0.25) is 0 Å². The van der Waals surface area contributed by atoms with E-state index in [1.54, 1.807) is 0 Å². The van der Waals surface area contributed by atoms with Gasteiger partial charge in [-0.3, -0.25) is 9.62 Å². The van der Waals surface area contributed by atoms with Gasteiger partial charge in [0.05, 0.1) is 11.4 Å². The molecular weight excluding hydrogens is 296 g/mol. The second-order valence-corrected chi connectivity index (χ2v) is 7.93. The summed E-state index contributed by atoms with van der Waals surface area (Å²) in [5, 5.41) is 3.74. The highest BCUT2D eigenvalue weighted by Gasteiger charge is 2.17. The summed E-state index contributed by atoms with van der Waals surface area (Å²) in [5.74, 6) is 0.118. The molecule has 1 aliphatic rings. The third kappa shape index (κ3) is 4.41. The fraction of sp³-hybridized carbons (Fsp3) is 0.750. The molecule has 1 aliphatic heterocycles. The van der Waals surface area contributed by atoms with Gasteiger partial charge in [0.25, 0.3) is 0 Å². The van der Waals surface area contributed by atoms with Crippen LogP contribution in [0.5, 0.6) is 0 Å². The van der Waals surface area contributed by atoms with Gasteiger partial charge in [0, 0.05) is 37.6 Å². The molecule has 114 valence electrons. The van der Waals surface area contributed by atoms with E-state index < -0.39 is 10.0 Å². The molecule has 6 nitrogen and oxygen atoms in total. The van der Waals surface area contributed by atoms with Crippen molar-refractivity contribution in [2.75, 3.05) is 43.2 Å². The molecule has 0 atom stereocenters. The molecule has 2 N–H and O–H groups in total. The van der Waals surface area contributed by atoms with E-state index in [0.29, 0.717) is 11.7 Å². The average Bonchev–Trinajstić information content (AvgIpc) is 2.77. The molecule has 0 radical (unpaired) electrons. The highest BCUT2D eigenvalue weighted by atomic mass is 32.2. The first kappa shape index (κ1) is 15.7. The van der Waals surface area contributed by atoms with Crippen molar-refractivity contribution >= 4 is 26.5 Å². The quantitative estimate of drug-likeness (QED) is 0.806. The number of anilines is 1. The van der Waals surface area contributed by atoms with Crippen LogP contribution in [0.25, 0.3) is 0 Å². The van der Waals surface area contributed by atoms with E-state index in [1.165, 1.54) is 11.3 Å². The Kier molecular flexibility index (Phi) is 5.36. The molecule has 1 saturated heterocycles. The third-order valence-electron chi connectivity index (χ3n) is 3.36. The van der Waals surface area contributed by atoms with E-state index in [2.05, 4.69) is 19.9 Å². The topological polar surface area (TPSA) is 74.3 Å². The molecule has 0 amide bonds. The largest absolute Gasteiger partial charge is 0.314 e.